The molecule has 0 saturated heterocycles. The van der Waals surface area contributed by atoms with Crippen LogP contribution in [0.5, 0.6) is 0 Å². The molecule has 212 valence electrons. The Bertz CT molecular complexity index is 2440. The first-order valence-electron chi connectivity index (χ1n) is 15.6. The highest BCUT2D eigenvalue weighted by Crippen LogP contribution is 2.50. The summed E-state index contributed by atoms with van der Waals surface area (Å²) in [6.07, 6.45) is 3.77. The molecule has 0 aliphatic heterocycles. The van der Waals surface area contributed by atoms with Gasteiger partial charge in [0, 0.05) is 34.0 Å². The number of hydrogen-bond acceptors (Lipinski definition) is 2. The molecule has 8 aromatic rings. The standard InChI is InChI=1S/C43H30N2/c1-43(2)39-24-29(17-19-35(39)36-20-18-30(25-40(36)43)32-9-7-21-44-26-32)27-13-15-28(16-14-27)38-23-33-22-31-8-3-6-12-41(31)45-42(33)37-11-5-4-10-34(37)38/h3-26H,1-2H3. The number of aromatic nitrogens is 2. The normalized spacial score (nSPS) is 13.3. The molecule has 0 bridgehead atoms. The van der Waals surface area contributed by atoms with Gasteiger partial charge in [0.1, 0.15) is 0 Å². The highest BCUT2D eigenvalue weighted by Gasteiger charge is 2.35. The SMILES string of the molecule is CC1(C)c2cc(-c3ccc(-c4cc5cc6ccccc6nc5c5ccccc45)cc3)ccc2-c2ccc(-c3cccnc3)cc21. The monoisotopic (exact) mass is 574 g/mol. The third kappa shape index (κ3) is 4.03. The van der Waals surface area contributed by atoms with E-state index in [0.717, 1.165) is 22.0 Å². The highest BCUT2D eigenvalue weighted by atomic mass is 14.7. The van der Waals surface area contributed by atoms with E-state index in [2.05, 4.69) is 146 Å². The summed E-state index contributed by atoms with van der Waals surface area (Å²) >= 11 is 0. The van der Waals surface area contributed by atoms with Crippen molar-refractivity contribution in [1.82, 2.24) is 9.97 Å². The third-order valence-electron chi connectivity index (χ3n) is 9.73. The van der Waals surface area contributed by atoms with Gasteiger partial charge in [0.25, 0.3) is 0 Å². The minimum atomic E-state index is -0.0962. The van der Waals surface area contributed by atoms with E-state index in [1.54, 1.807) is 0 Å². The fourth-order valence-electron chi connectivity index (χ4n) is 7.33. The third-order valence-corrected chi connectivity index (χ3v) is 9.73. The summed E-state index contributed by atoms with van der Waals surface area (Å²) in [4.78, 5) is 9.40. The van der Waals surface area contributed by atoms with E-state index < -0.39 is 0 Å². The lowest BCUT2D eigenvalue weighted by Crippen LogP contribution is -2.15. The molecule has 6 aromatic carbocycles. The quantitative estimate of drug-likeness (QED) is 0.155. The number of fused-ring (bicyclic) bond motifs is 7. The number of nitrogens with zero attached hydrogens (tertiary/aromatic N) is 2. The van der Waals surface area contributed by atoms with Crippen LogP contribution in [0.25, 0.3) is 77.1 Å². The van der Waals surface area contributed by atoms with Crippen molar-refractivity contribution in [3.63, 3.8) is 0 Å². The lowest BCUT2D eigenvalue weighted by Gasteiger charge is -2.22. The Morgan fingerprint density at radius 3 is 1.84 bits per heavy atom. The molecule has 2 heterocycles. The maximum absolute atomic E-state index is 5.07. The number of benzene rings is 6. The van der Waals surface area contributed by atoms with Gasteiger partial charge in [-0.25, -0.2) is 4.98 Å². The summed E-state index contributed by atoms with van der Waals surface area (Å²) in [6, 6.07) is 48.6. The fourth-order valence-corrected chi connectivity index (χ4v) is 7.33. The summed E-state index contributed by atoms with van der Waals surface area (Å²) in [5.41, 5.74) is 14.7. The molecule has 0 radical (unpaired) electrons. The van der Waals surface area contributed by atoms with Crippen molar-refractivity contribution in [2.45, 2.75) is 19.3 Å². The van der Waals surface area contributed by atoms with Crippen LogP contribution in [-0.4, -0.2) is 9.97 Å². The Kier molecular flexibility index (Phi) is 5.58. The average Bonchev–Trinajstić information content (AvgIpc) is 3.32. The average molecular weight is 575 g/mol. The molecule has 9 rings (SSSR count). The first-order chi connectivity index (χ1) is 22.0. The summed E-state index contributed by atoms with van der Waals surface area (Å²) in [6.45, 7) is 4.70. The van der Waals surface area contributed by atoms with Gasteiger partial charge >= 0.3 is 0 Å². The lowest BCUT2D eigenvalue weighted by molar-refractivity contribution is 0.661. The van der Waals surface area contributed by atoms with E-state index in [0.29, 0.717) is 0 Å². The molecule has 0 unspecified atom stereocenters. The van der Waals surface area contributed by atoms with Crippen molar-refractivity contribution < 1.29 is 0 Å². The summed E-state index contributed by atoms with van der Waals surface area (Å²) in [5, 5.41) is 4.74. The minimum absolute atomic E-state index is 0.0962. The number of para-hydroxylation sites is 1. The van der Waals surface area contributed by atoms with E-state index in [-0.39, 0.29) is 5.41 Å². The van der Waals surface area contributed by atoms with Crippen LogP contribution < -0.4 is 0 Å². The maximum Gasteiger partial charge on any atom is 0.0788 e. The Morgan fingerprint density at radius 2 is 1.11 bits per heavy atom. The van der Waals surface area contributed by atoms with Crippen LogP contribution in [0, 0.1) is 0 Å². The molecule has 0 spiro atoms. The minimum Gasteiger partial charge on any atom is -0.264 e. The molecule has 2 nitrogen and oxygen atoms in total. The van der Waals surface area contributed by atoms with Gasteiger partial charge in [-0.2, -0.15) is 0 Å². The van der Waals surface area contributed by atoms with Crippen molar-refractivity contribution >= 4 is 32.6 Å². The van der Waals surface area contributed by atoms with Crippen LogP contribution in [0.2, 0.25) is 0 Å². The topological polar surface area (TPSA) is 25.8 Å². The van der Waals surface area contributed by atoms with E-state index in [1.807, 2.05) is 18.5 Å². The molecule has 1 aliphatic carbocycles. The van der Waals surface area contributed by atoms with Crippen LogP contribution >= 0.6 is 0 Å². The second-order valence-electron chi connectivity index (χ2n) is 12.7. The number of hydrogen-bond donors (Lipinski definition) is 0. The molecule has 0 atom stereocenters. The van der Waals surface area contributed by atoms with E-state index in [4.69, 9.17) is 4.98 Å². The Labute approximate surface area is 262 Å². The van der Waals surface area contributed by atoms with Gasteiger partial charge in [0.15, 0.2) is 0 Å². The van der Waals surface area contributed by atoms with Crippen molar-refractivity contribution in [3.05, 3.63) is 157 Å². The molecule has 2 heteroatoms. The Hall–Kier alpha value is -5.60. The summed E-state index contributed by atoms with van der Waals surface area (Å²) < 4.78 is 0. The fraction of sp³-hybridized carbons (Fsp3) is 0.0698. The molecular formula is C43H30N2. The molecule has 2 aromatic heterocycles. The van der Waals surface area contributed by atoms with E-state index >= 15 is 0 Å². The predicted octanol–water partition coefficient (Wildman–Crippen LogP) is 11.2. The van der Waals surface area contributed by atoms with Crippen LogP contribution in [0.15, 0.2) is 146 Å². The summed E-state index contributed by atoms with van der Waals surface area (Å²) in [7, 11) is 0. The van der Waals surface area contributed by atoms with Crippen molar-refractivity contribution in [3.8, 4) is 44.5 Å². The van der Waals surface area contributed by atoms with Crippen molar-refractivity contribution in [2.75, 3.05) is 0 Å². The van der Waals surface area contributed by atoms with Crippen LogP contribution in [0.1, 0.15) is 25.0 Å². The van der Waals surface area contributed by atoms with Gasteiger partial charge in [-0.3, -0.25) is 4.98 Å². The molecule has 0 saturated carbocycles. The first kappa shape index (κ1) is 25.9. The Balaban J connectivity index is 1.11. The van der Waals surface area contributed by atoms with Gasteiger partial charge in [0.05, 0.1) is 11.0 Å². The zero-order valence-electron chi connectivity index (χ0n) is 25.3. The molecule has 0 N–H and O–H groups in total. The molecular weight excluding hydrogens is 544 g/mol. The molecule has 45 heavy (non-hydrogen) atoms. The molecule has 0 amide bonds. The van der Waals surface area contributed by atoms with Crippen LogP contribution in [0.4, 0.5) is 0 Å². The van der Waals surface area contributed by atoms with Crippen molar-refractivity contribution in [2.24, 2.45) is 0 Å². The second kappa shape index (κ2) is 9.70. The first-order valence-corrected chi connectivity index (χ1v) is 15.6. The number of rotatable bonds is 3. The summed E-state index contributed by atoms with van der Waals surface area (Å²) in [5.74, 6) is 0. The van der Waals surface area contributed by atoms with Gasteiger partial charge < -0.3 is 0 Å². The van der Waals surface area contributed by atoms with Gasteiger partial charge in [-0.05, 0) is 97.4 Å². The largest absolute Gasteiger partial charge is 0.264 e. The van der Waals surface area contributed by atoms with E-state index in [1.165, 1.54) is 66.2 Å². The Morgan fingerprint density at radius 1 is 0.467 bits per heavy atom. The molecule has 1 aliphatic rings. The van der Waals surface area contributed by atoms with Gasteiger partial charge in [-0.15, -0.1) is 0 Å². The van der Waals surface area contributed by atoms with Crippen LogP contribution in [-0.2, 0) is 5.41 Å². The smallest absolute Gasteiger partial charge is 0.0788 e. The maximum atomic E-state index is 5.07. The van der Waals surface area contributed by atoms with Gasteiger partial charge in [0.2, 0.25) is 0 Å². The second-order valence-corrected chi connectivity index (χ2v) is 12.7. The van der Waals surface area contributed by atoms with E-state index in [9.17, 15) is 0 Å². The lowest BCUT2D eigenvalue weighted by atomic mass is 9.81. The molecule has 0 fully saturated rings. The zero-order chi connectivity index (χ0) is 30.1. The highest BCUT2D eigenvalue weighted by molar-refractivity contribution is 6.14. The van der Waals surface area contributed by atoms with Crippen LogP contribution in [0.3, 0.4) is 0 Å². The predicted molar refractivity (Wildman–Crippen MR) is 188 cm³/mol. The van der Waals surface area contributed by atoms with Gasteiger partial charge in [-0.1, -0.05) is 111 Å². The number of pyridine rings is 2. The van der Waals surface area contributed by atoms with Crippen molar-refractivity contribution in [1.29, 1.82) is 0 Å². The zero-order valence-corrected chi connectivity index (χ0v) is 25.3.